The molecule has 1 heterocycles. The zero-order valence-corrected chi connectivity index (χ0v) is 9.14. The summed E-state index contributed by atoms with van der Waals surface area (Å²) in [6.07, 6.45) is 6.06. The van der Waals surface area contributed by atoms with Crippen molar-refractivity contribution in [1.82, 2.24) is 4.90 Å². The van der Waals surface area contributed by atoms with Crippen molar-refractivity contribution in [2.75, 3.05) is 6.54 Å². The molecule has 1 nitrogen and oxygen atoms in total. The molecule has 0 radical (unpaired) electrons. The van der Waals surface area contributed by atoms with E-state index in [0.29, 0.717) is 5.54 Å². The van der Waals surface area contributed by atoms with Gasteiger partial charge in [0, 0.05) is 11.6 Å². The first kappa shape index (κ1) is 8.28. The number of rotatable bonds is 0. The van der Waals surface area contributed by atoms with E-state index in [1.807, 2.05) is 0 Å². The van der Waals surface area contributed by atoms with E-state index in [2.05, 4.69) is 25.7 Å². The topological polar surface area (TPSA) is 3.24 Å². The highest BCUT2D eigenvalue weighted by molar-refractivity contribution is 5.19. The molecule has 0 aromatic carbocycles. The van der Waals surface area contributed by atoms with Crippen LogP contribution in [0.4, 0.5) is 0 Å². The zero-order valence-electron chi connectivity index (χ0n) is 9.14. The maximum Gasteiger partial charge on any atom is 0.0160 e. The molecular formula is C12H21N. The Morgan fingerprint density at radius 3 is 2.54 bits per heavy atom. The first-order valence-corrected chi connectivity index (χ1v) is 5.81. The molecule has 0 aromatic rings. The Hall–Kier alpha value is -0.0400. The van der Waals surface area contributed by atoms with Crippen LogP contribution in [-0.2, 0) is 0 Å². The first-order valence-electron chi connectivity index (χ1n) is 5.81. The van der Waals surface area contributed by atoms with Gasteiger partial charge in [0.2, 0.25) is 0 Å². The molecule has 2 aliphatic carbocycles. The molecule has 0 N–H and O–H groups in total. The fraction of sp³-hybridized carbons (Fsp3) is 1.00. The average Bonchev–Trinajstić information content (AvgIpc) is 2.68. The molecule has 1 spiro atoms. The maximum atomic E-state index is 2.78. The minimum absolute atomic E-state index is 0.408. The van der Waals surface area contributed by atoms with Crippen LogP contribution in [0.15, 0.2) is 0 Å². The monoisotopic (exact) mass is 179 g/mol. The van der Waals surface area contributed by atoms with E-state index in [0.717, 1.165) is 17.4 Å². The van der Waals surface area contributed by atoms with Crippen LogP contribution in [0.2, 0.25) is 0 Å². The molecule has 1 aliphatic heterocycles. The molecule has 3 rings (SSSR count). The van der Waals surface area contributed by atoms with Gasteiger partial charge in [-0.2, -0.15) is 0 Å². The van der Waals surface area contributed by atoms with Crippen molar-refractivity contribution in [2.45, 2.75) is 58.0 Å². The predicted molar refractivity (Wildman–Crippen MR) is 54.6 cm³/mol. The molecule has 74 valence electrons. The molecule has 3 fully saturated rings. The quantitative estimate of drug-likeness (QED) is 0.552. The summed E-state index contributed by atoms with van der Waals surface area (Å²) in [5, 5.41) is 0. The minimum Gasteiger partial charge on any atom is -0.295 e. The largest absolute Gasteiger partial charge is 0.295 e. The first-order chi connectivity index (χ1) is 6.04. The molecule has 3 unspecified atom stereocenters. The van der Waals surface area contributed by atoms with Gasteiger partial charge >= 0.3 is 0 Å². The second kappa shape index (κ2) is 2.13. The lowest BCUT2D eigenvalue weighted by Crippen LogP contribution is -2.59. The van der Waals surface area contributed by atoms with Crippen LogP contribution < -0.4 is 0 Å². The fourth-order valence-electron chi connectivity index (χ4n) is 3.87. The third kappa shape index (κ3) is 0.918. The Balaban J connectivity index is 1.84. The van der Waals surface area contributed by atoms with Gasteiger partial charge in [-0.05, 0) is 64.3 Å². The van der Waals surface area contributed by atoms with Gasteiger partial charge in [0.15, 0.2) is 0 Å². The lowest BCUT2D eigenvalue weighted by atomic mass is 9.69. The van der Waals surface area contributed by atoms with Crippen LogP contribution in [0.25, 0.3) is 0 Å². The van der Waals surface area contributed by atoms with Crippen molar-refractivity contribution in [3.05, 3.63) is 0 Å². The molecule has 0 bridgehead atoms. The molecule has 0 aromatic heterocycles. The van der Waals surface area contributed by atoms with Crippen molar-refractivity contribution in [1.29, 1.82) is 0 Å². The Bertz CT molecular complexity index is 240. The number of nitrogens with zero attached hydrogens (tertiary/aromatic N) is 1. The lowest BCUT2D eigenvalue weighted by Gasteiger charge is -2.54. The summed E-state index contributed by atoms with van der Waals surface area (Å²) in [4.78, 5) is 2.78. The third-order valence-corrected chi connectivity index (χ3v) is 4.78. The molecule has 1 heteroatoms. The Kier molecular flexibility index (Phi) is 1.36. The van der Waals surface area contributed by atoms with Crippen molar-refractivity contribution in [3.8, 4) is 0 Å². The van der Waals surface area contributed by atoms with E-state index in [4.69, 9.17) is 0 Å². The third-order valence-electron chi connectivity index (χ3n) is 4.78. The van der Waals surface area contributed by atoms with Gasteiger partial charge in [-0.1, -0.05) is 0 Å². The second-order valence-electron chi connectivity index (χ2n) is 6.34. The molecule has 13 heavy (non-hydrogen) atoms. The van der Waals surface area contributed by atoms with E-state index in [-0.39, 0.29) is 0 Å². The lowest BCUT2D eigenvalue weighted by molar-refractivity contribution is -0.0490. The second-order valence-corrected chi connectivity index (χ2v) is 6.34. The smallest absolute Gasteiger partial charge is 0.0160 e. The molecule has 1 saturated heterocycles. The number of piperidine rings is 1. The molecule has 3 atom stereocenters. The standard InChI is InChI=1S/C12H21N/c1-11(2,3)13-7-5-9-8-12(9)6-4-10(12)13/h9-10H,4-8H2,1-3H3. The van der Waals surface area contributed by atoms with E-state index < -0.39 is 0 Å². The van der Waals surface area contributed by atoms with Crippen LogP contribution in [-0.4, -0.2) is 23.0 Å². The SMILES string of the molecule is CC(C)(C)N1CCC2CC23CCC13. The average molecular weight is 179 g/mol. The molecular weight excluding hydrogens is 158 g/mol. The summed E-state index contributed by atoms with van der Waals surface area (Å²) in [6.45, 7) is 8.49. The normalized spacial score (nSPS) is 49.2. The highest BCUT2D eigenvalue weighted by Gasteiger charge is 2.67. The number of hydrogen-bond donors (Lipinski definition) is 0. The molecule has 2 saturated carbocycles. The van der Waals surface area contributed by atoms with Crippen LogP contribution in [0.1, 0.15) is 46.5 Å². The van der Waals surface area contributed by atoms with Gasteiger partial charge in [0.25, 0.3) is 0 Å². The summed E-state index contributed by atoms with van der Waals surface area (Å²) in [6, 6.07) is 0.964. The molecule has 3 aliphatic rings. The van der Waals surface area contributed by atoms with Crippen molar-refractivity contribution in [3.63, 3.8) is 0 Å². The highest BCUT2D eigenvalue weighted by atomic mass is 15.3. The summed E-state index contributed by atoms with van der Waals surface area (Å²) >= 11 is 0. The van der Waals surface area contributed by atoms with Crippen LogP contribution in [0, 0.1) is 11.3 Å². The Labute approximate surface area is 81.5 Å². The number of likely N-dealkylation sites (tertiary alicyclic amines) is 1. The summed E-state index contributed by atoms with van der Waals surface area (Å²) in [7, 11) is 0. The van der Waals surface area contributed by atoms with Gasteiger partial charge in [-0.25, -0.2) is 0 Å². The van der Waals surface area contributed by atoms with Gasteiger partial charge in [0.05, 0.1) is 0 Å². The Morgan fingerprint density at radius 1 is 1.23 bits per heavy atom. The highest BCUT2D eigenvalue weighted by Crippen LogP contribution is 2.70. The number of hydrogen-bond acceptors (Lipinski definition) is 1. The van der Waals surface area contributed by atoms with Gasteiger partial charge in [-0.15, -0.1) is 0 Å². The van der Waals surface area contributed by atoms with Crippen LogP contribution in [0.3, 0.4) is 0 Å². The van der Waals surface area contributed by atoms with Crippen molar-refractivity contribution in [2.24, 2.45) is 11.3 Å². The zero-order chi connectivity index (χ0) is 9.27. The summed E-state index contributed by atoms with van der Waals surface area (Å²) in [5.41, 5.74) is 1.25. The Morgan fingerprint density at radius 2 is 2.00 bits per heavy atom. The van der Waals surface area contributed by atoms with E-state index in [9.17, 15) is 0 Å². The van der Waals surface area contributed by atoms with Crippen molar-refractivity contribution >= 4 is 0 Å². The van der Waals surface area contributed by atoms with Crippen LogP contribution in [0.5, 0.6) is 0 Å². The summed E-state index contributed by atoms with van der Waals surface area (Å²) < 4.78 is 0. The molecule has 0 amide bonds. The predicted octanol–water partition coefficient (Wildman–Crippen LogP) is 2.66. The van der Waals surface area contributed by atoms with Gasteiger partial charge in [-0.3, -0.25) is 4.90 Å². The summed E-state index contributed by atoms with van der Waals surface area (Å²) in [5.74, 6) is 1.13. The van der Waals surface area contributed by atoms with Crippen molar-refractivity contribution < 1.29 is 0 Å². The minimum atomic E-state index is 0.408. The maximum absolute atomic E-state index is 2.78. The van der Waals surface area contributed by atoms with Crippen LogP contribution >= 0.6 is 0 Å². The fourth-order valence-corrected chi connectivity index (χ4v) is 3.87. The van der Waals surface area contributed by atoms with Gasteiger partial charge < -0.3 is 0 Å². The van der Waals surface area contributed by atoms with E-state index >= 15 is 0 Å². The van der Waals surface area contributed by atoms with Gasteiger partial charge in [0.1, 0.15) is 0 Å². The van der Waals surface area contributed by atoms with E-state index in [1.165, 1.54) is 25.8 Å². The van der Waals surface area contributed by atoms with E-state index in [1.54, 1.807) is 6.42 Å².